The average molecular weight is 337 g/mol. The van der Waals surface area contributed by atoms with Gasteiger partial charge in [0.05, 0.1) is 17.4 Å². The van der Waals surface area contributed by atoms with Gasteiger partial charge in [-0.3, -0.25) is 9.59 Å². The van der Waals surface area contributed by atoms with Crippen molar-refractivity contribution in [3.8, 4) is 0 Å². The van der Waals surface area contributed by atoms with Gasteiger partial charge in [0, 0.05) is 4.90 Å². The van der Waals surface area contributed by atoms with E-state index >= 15 is 0 Å². The van der Waals surface area contributed by atoms with E-state index in [1.807, 2.05) is 18.2 Å². The van der Waals surface area contributed by atoms with E-state index in [-0.39, 0.29) is 12.3 Å². The molecule has 0 radical (unpaired) electrons. The van der Waals surface area contributed by atoms with Gasteiger partial charge < -0.3 is 14.8 Å². The maximum Gasteiger partial charge on any atom is 0.344 e. The van der Waals surface area contributed by atoms with Crippen LogP contribution in [0.5, 0.6) is 0 Å². The summed E-state index contributed by atoms with van der Waals surface area (Å²) in [6, 6.07) is 7.37. The second-order valence-corrected chi connectivity index (χ2v) is 7.29. The zero-order valence-corrected chi connectivity index (χ0v) is 14.1. The fourth-order valence-electron chi connectivity index (χ4n) is 1.95. The van der Waals surface area contributed by atoms with Crippen LogP contribution in [-0.4, -0.2) is 35.3 Å². The molecule has 1 N–H and O–H groups in total. The second-order valence-electron chi connectivity index (χ2n) is 6.04. The number of hydrogen-bond acceptors (Lipinski definition) is 6. The number of nitrogens with one attached hydrogen (secondary N) is 1. The molecule has 0 aromatic heterocycles. The van der Waals surface area contributed by atoms with E-state index in [4.69, 9.17) is 9.47 Å². The number of carbonyl (C=O) groups is 3. The summed E-state index contributed by atoms with van der Waals surface area (Å²) in [4.78, 5) is 36.2. The Hall–Kier alpha value is -2.02. The Labute approximate surface area is 138 Å². The summed E-state index contributed by atoms with van der Waals surface area (Å²) in [6.45, 7) is 4.74. The third kappa shape index (κ3) is 5.28. The zero-order valence-electron chi connectivity index (χ0n) is 13.3. The molecule has 1 amide bonds. The molecule has 6 nitrogen and oxygen atoms in total. The van der Waals surface area contributed by atoms with Gasteiger partial charge >= 0.3 is 11.9 Å². The number of ether oxygens (including phenoxy) is 2. The van der Waals surface area contributed by atoms with Crippen LogP contribution in [-0.2, 0) is 23.9 Å². The van der Waals surface area contributed by atoms with Crippen molar-refractivity contribution in [3.63, 3.8) is 0 Å². The molecular weight excluding hydrogens is 318 g/mol. The summed E-state index contributed by atoms with van der Waals surface area (Å²) in [6.07, 6.45) is -0.104. The van der Waals surface area contributed by atoms with E-state index in [0.29, 0.717) is 0 Å². The van der Waals surface area contributed by atoms with Crippen molar-refractivity contribution in [2.75, 3.05) is 11.9 Å². The van der Waals surface area contributed by atoms with Gasteiger partial charge in [0.15, 0.2) is 6.61 Å². The number of thioether (sulfide) groups is 1. The van der Waals surface area contributed by atoms with E-state index in [9.17, 15) is 14.4 Å². The predicted octanol–water partition coefficient (Wildman–Crippen LogP) is 2.37. The quantitative estimate of drug-likeness (QED) is 0.850. The van der Waals surface area contributed by atoms with Gasteiger partial charge in [-0.2, -0.15) is 0 Å². The Morgan fingerprint density at radius 1 is 1.22 bits per heavy atom. The third-order valence-electron chi connectivity index (χ3n) is 2.83. The summed E-state index contributed by atoms with van der Waals surface area (Å²) in [5, 5.41) is 2.18. The number of fused-ring (bicyclic) bond motifs is 1. The van der Waals surface area contributed by atoms with Crippen LogP contribution < -0.4 is 5.32 Å². The molecule has 1 aliphatic heterocycles. The number of hydrogen-bond donors (Lipinski definition) is 1. The van der Waals surface area contributed by atoms with Crippen LogP contribution in [0.1, 0.15) is 27.2 Å². The van der Waals surface area contributed by atoms with Crippen LogP contribution in [0.4, 0.5) is 5.69 Å². The Morgan fingerprint density at radius 3 is 2.61 bits per heavy atom. The molecule has 0 bridgehead atoms. The number of rotatable bonds is 4. The Balaban J connectivity index is 1.84. The summed E-state index contributed by atoms with van der Waals surface area (Å²) in [7, 11) is 0. The first-order valence-corrected chi connectivity index (χ1v) is 8.06. The summed E-state index contributed by atoms with van der Waals surface area (Å²) in [5.74, 6) is -1.47. The second kappa shape index (κ2) is 7.04. The van der Waals surface area contributed by atoms with Crippen molar-refractivity contribution in [2.24, 2.45) is 0 Å². The van der Waals surface area contributed by atoms with Crippen LogP contribution >= 0.6 is 11.8 Å². The van der Waals surface area contributed by atoms with Gasteiger partial charge in [-0.15, -0.1) is 11.8 Å². The maximum absolute atomic E-state index is 12.0. The molecule has 1 atom stereocenters. The summed E-state index contributed by atoms with van der Waals surface area (Å²) in [5.41, 5.74) is 0.104. The summed E-state index contributed by atoms with van der Waals surface area (Å²) < 4.78 is 9.93. The van der Waals surface area contributed by atoms with Crippen molar-refractivity contribution in [1.29, 1.82) is 0 Å². The highest BCUT2D eigenvalue weighted by molar-refractivity contribution is 8.01. The molecular formula is C16H19NO5S. The minimum atomic E-state index is -0.633. The lowest BCUT2D eigenvalue weighted by molar-refractivity contribution is -0.166. The largest absolute Gasteiger partial charge is 0.457 e. The van der Waals surface area contributed by atoms with Gasteiger partial charge in [0.2, 0.25) is 5.91 Å². The van der Waals surface area contributed by atoms with E-state index in [1.54, 1.807) is 26.8 Å². The molecule has 2 rings (SSSR count). The topological polar surface area (TPSA) is 81.7 Å². The number of benzene rings is 1. The molecule has 0 unspecified atom stereocenters. The molecule has 23 heavy (non-hydrogen) atoms. The number of amides is 1. The first-order valence-electron chi connectivity index (χ1n) is 7.18. The molecule has 0 saturated carbocycles. The van der Waals surface area contributed by atoms with Crippen molar-refractivity contribution < 1.29 is 23.9 Å². The third-order valence-corrected chi connectivity index (χ3v) is 4.10. The van der Waals surface area contributed by atoms with Crippen LogP contribution in [0.25, 0.3) is 0 Å². The number of esters is 2. The van der Waals surface area contributed by atoms with Crippen LogP contribution in [0.15, 0.2) is 29.2 Å². The Bertz CT molecular complexity index is 623. The molecule has 7 heteroatoms. The molecule has 0 fully saturated rings. The molecule has 1 heterocycles. The van der Waals surface area contributed by atoms with Gasteiger partial charge in [-0.25, -0.2) is 4.79 Å². The smallest absolute Gasteiger partial charge is 0.344 e. The normalized spacial score (nSPS) is 17.0. The maximum atomic E-state index is 12.0. The van der Waals surface area contributed by atoms with Crippen LogP contribution in [0, 0.1) is 0 Å². The molecule has 0 spiro atoms. The number of para-hydroxylation sites is 1. The monoisotopic (exact) mass is 337 g/mol. The van der Waals surface area contributed by atoms with Gasteiger partial charge in [-0.1, -0.05) is 12.1 Å². The molecule has 124 valence electrons. The molecule has 1 aromatic carbocycles. The Kier molecular flexibility index (Phi) is 5.30. The van der Waals surface area contributed by atoms with E-state index in [1.165, 1.54) is 11.8 Å². The molecule has 0 saturated heterocycles. The van der Waals surface area contributed by atoms with Crippen LogP contribution in [0.3, 0.4) is 0 Å². The van der Waals surface area contributed by atoms with E-state index < -0.39 is 29.4 Å². The standard InChI is InChI=1S/C16H19NO5S/c1-16(2,3)22-14(19)9-21-13(18)8-12-15(20)17-10-6-4-5-7-11(10)23-12/h4-7,12H,8-9H2,1-3H3,(H,17,20)/t12-/m1/s1. The fraction of sp³-hybridized carbons (Fsp3) is 0.438. The minimum Gasteiger partial charge on any atom is -0.457 e. The lowest BCUT2D eigenvalue weighted by atomic mass is 10.2. The van der Waals surface area contributed by atoms with Crippen molar-refractivity contribution in [3.05, 3.63) is 24.3 Å². The van der Waals surface area contributed by atoms with E-state index in [2.05, 4.69) is 5.32 Å². The summed E-state index contributed by atoms with van der Waals surface area (Å²) >= 11 is 1.31. The molecule has 1 aliphatic rings. The highest BCUT2D eigenvalue weighted by Crippen LogP contribution is 2.36. The van der Waals surface area contributed by atoms with Gasteiger partial charge in [0.1, 0.15) is 5.60 Å². The fourth-order valence-corrected chi connectivity index (χ4v) is 3.04. The highest BCUT2D eigenvalue weighted by atomic mass is 32.2. The molecule has 0 aliphatic carbocycles. The van der Waals surface area contributed by atoms with E-state index in [0.717, 1.165) is 10.6 Å². The van der Waals surface area contributed by atoms with Crippen LogP contribution in [0.2, 0.25) is 0 Å². The first kappa shape index (κ1) is 17.3. The van der Waals surface area contributed by atoms with Gasteiger partial charge in [-0.05, 0) is 32.9 Å². The minimum absolute atomic E-state index is 0.104. The molecule has 1 aromatic rings. The number of anilines is 1. The van der Waals surface area contributed by atoms with Crippen molar-refractivity contribution in [1.82, 2.24) is 0 Å². The average Bonchev–Trinajstić information content (AvgIpc) is 2.44. The van der Waals surface area contributed by atoms with Crippen molar-refractivity contribution >= 4 is 35.3 Å². The SMILES string of the molecule is CC(C)(C)OC(=O)COC(=O)C[C@H]1Sc2ccccc2NC1=O. The lowest BCUT2D eigenvalue weighted by Gasteiger charge is -2.23. The number of carbonyl (C=O) groups excluding carboxylic acids is 3. The first-order chi connectivity index (χ1) is 10.7. The van der Waals surface area contributed by atoms with Crippen molar-refractivity contribution in [2.45, 2.75) is 42.9 Å². The predicted molar refractivity (Wildman–Crippen MR) is 86.1 cm³/mol. The highest BCUT2D eigenvalue weighted by Gasteiger charge is 2.29. The Morgan fingerprint density at radius 2 is 1.91 bits per heavy atom. The zero-order chi connectivity index (χ0) is 17.0. The van der Waals surface area contributed by atoms with Gasteiger partial charge in [0.25, 0.3) is 0 Å². The lowest BCUT2D eigenvalue weighted by Crippen LogP contribution is -2.32.